The number of hydrogen-bond acceptors (Lipinski definition) is 1. The van der Waals surface area contributed by atoms with Crippen LogP contribution in [0, 0.1) is 5.92 Å². The highest BCUT2D eigenvalue weighted by Crippen LogP contribution is 2.29. The van der Waals surface area contributed by atoms with Crippen molar-refractivity contribution in [3.05, 3.63) is 0 Å². The van der Waals surface area contributed by atoms with Gasteiger partial charge in [0.1, 0.15) is 0 Å². The first kappa shape index (κ1) is 9.73. The second-order valence-corrected chi connectivity index (χ2v) is 5.23. The van der Waals surface area contributed by atoms with Crippen molar-refractivity contribution in [3.63, 3.8) is 0 Å². The molecule has 0 aromatic heterocycles. The van der Waals surface area contributed by atoms with E-state index in [2.05, 4.69) is 6.92 Å². The van der Waals surface area contributed by atoms with Gasteiger partial charge in [0.2, 0.25) is 0 Å². The zero-order valence-corrected chi connectivity index (χ0v) is 8.76. The van der Waals surface area contributed by atoms with Gasteiger partial charge in [-0.25, -0.2) is 0 Å². The summed E-state index contributed by atoms with van der Waals surface area (Å²) >= 11 is 7.76. The Morgan fingerprint density at radius 2 is 2.09 bits per heavy atom. The molecule has 0 aromatic carbocycles. The molecule has 1 atom stereocenters. The minimum atomic E-state index is 0.650. The lowest BCUT2D eigenvalue weighted by molar-refractivity contribution is 0.622. The Morgan fingerprint density at radius 3 is 2.64 bits per heavy atom. The molecule has 0 nitrogen and oxygen atoms in total. The Morgan fingerprint density at radius 1 is 1.45 bits per heavy atom. The molecule has 1 aliphatic carbocycles. The molecule has 1 unspecified atom stereocenters. The van der Waals surface area contributed by atoms with Gasteiger partial charge >= 0.3 is 0 Å². The summed E-state index contributed by atoms with van der Waals surface area (Å²) in [6, 6.07) is 0. The van der Waals surface area contributed by atoms with Gasteiger partial charge in [0.05, 0.1) is 0 Å². The average molecular weight is 193 g/mol. The van der Waals surface area contributed by atoms with Crippen molar-refractivity contribution < 1.29 is 0 Å². The predicted molar refractivity (Wildman–Crippen MR) is 54.6 cm³/mol. The molecular formula is C9H17ClS. The zero-order valence-electron chi connectivity index (χ0n) is 7.18. The molecule has 0 N–H and O–H groups in total. The van der Waals surface area contributed by atoms with Crippen molar-refractivity contribution in [2.45, 2.75) is 37.9 Å². The maximum atomic E-state index is 5.72. The molecule has 0 bridgehead atoms. The van der Waals surface area contributed by atoms with Crippen LogP contribution in [0.25, 0.3) is 0 Å². The number of halogens is 1. The minimum absolute atomic E-state index is 0.650. The third-order valence-electron chi connectivity index (χ3n) is 2.31. The predicted octanol–water partition coefficient (Wildman–Crippen LogP) is 3.54. The Bertz CT molecular complexity index is 99.7. The van der Waals surface area contributed by atoms with E-state index in [-0.39, 0.29) is 0 Å². The van der Waals surface area contributed by atoms with Crippen molar-refractivity contribution in [1.82, 2.24) is 0 Å². The molecule has 1 aliphatic rings. The van der Waals surface area contributed by atoms with Crippen molar-refractivity contribution in [1.29, 1.82) is 0 Å². The molecule has 1 rings (SSSR count). The number of thioether (sulfide) groups is 1. The van der Waals surface area contributed by atoms with Crippen molar-refractivity contribution in [2.75, 3.05) is 11.6 Å². The van der Waals surface area contributed by atoms with Crippen molar-refractivity contribution in [3.8, 4) is 0 Å². The molecule has 0 heterocycles. The molecule has 1 saturated carbocycles. The maximum absolute atomic E-state index is 5.72. The third kappa shape index (κ3) is 3.71. The quantitative estimate of drug-likeness (QED) is 0.615. The van der Waals surface area contributed by atoms with E-state index in [9.17, 15) is 0 Å². The van der Waals surface area contributed by atoms with Crippen LogP contribution in [-0.4, -0.2) is 16.9 Å². The highest BCUT2D eigenvalue weighted by molar-refractivity contribution is 7.99. The van der Waals surface area contributed by atoms with Crippen LogP contribution >= 0.6 is 23.4 Å². The monoisotopic (exact) mass is 192 g/mol. The Balaban J connectivity index is 2.01. The lowest BCUT2D eigenvalue weighted by atomic mass is 10.1. The van der Waals surface area contributed by atoms with E-state index < -0.39 is 0 Å². The fraction of sp³-hybridized carbons (Fsp3) is 1.00. The van der Waals surface area contributed by atoms with E-state index >= 15 is 0 Å². The largest absolute Gasteiger partial charge is 0.157 e. The first-order valence-electron chi connectivity index (χ1n) is 4.50. The minimum Gasteiger partial charge on any atom is -0.157 e. The zero-order chi connectivity index (χ0) is 8.10. The van der Waals surface area contributed by atoms with Crippen molar-refractivity contribution >= 4 is 23.4 Å². The molecule has 66 valence electrons. The molecule has 0 saturated heterocycles. The van der Waals surface area contributed by atoms with Crippen LogP contribution in [0.4, 0.5) is 0 Å². The molecular weight excluding hydrogens is 176 g/mol. The van der Waals surface area contributed by atoms with Gasteiger partial charge in [0.25, 0.3) is 0 Å². The molecule has 0 spiro atoms. The van der Waals surface area contributed by atoms with Crippen LogP contribution in [0.5, 0.6) is 0 Å². The second kappa shape index (κ2) is 5.31. The summed E-state index contributed by atoms with van der Waals surface area (Å²) in [7, 11) is 0. The van der Waals surface area contributed by atoms with Gasteiger partial charge in [0, 0.05) is 11.1 Å². The van der Waals surface area contributed by atoms with E-state index in [0.29, 0.717) is 5.25 Å². The van der Waals surface area contributed by atoms with Gasteiger partial charge in [-0.1, -0.05) is 19.8 Å². The van der Waals surface area contributed by atoms with Gasteiger partial charge in [-0.05, 0) is 24.5 Å². The van der Waals surface area contributed by atoms with Crippen LogP contribution < -0.4 is 0 Å². The molecule has 0 aromatic rings. The van der Waals surface area contributed by atoms with Crippen LogP contribution in [0.2, 0.25) is 0 Å². The Kier molecular flexibility index (Phi) is 4.70. The second-order valence-electron chi connectivity index (χ2n) is 3.45. The van der Waals surface area contributed by atoms with Gasteiger partial charge in [-0.3, -0.25) is 0 Å². The SMILES string of the molecule is CC(CCl)SCC1CCCC1. The molecule has 2 heteroatoms. The summed E-state index contributed by atoms with van der Waals surface area (Å²) in [6.07, 6.45) is 5.84. The first-order chi connectivity index (χ1) is 5.33. The molecule has 0 radical (unpaired) electrons. The highest BCUT2D eigenvalue weighted by Gasteiger charge is 2.15. The lowest BCUT2D eigenvalue weighted by Crippen LogP contribution is -2.04. The number of rotatable bonds is 4. The van der Waals surface area contributed by atoms with Gasteiger partial charge in [0.15, 0.2) is 0 Å². The standard InChI is InChI=1S/C9H17ClS/c1-8(6-10)11-7-9-4-2-3-5-9/h8-9H,2-7H2,1H3. The summed E-state index contributed by atoms with van der Waals surface area (Å²) in [6.45, 7) is 2.21. The van der Waals surface area contributed by atoms with Crippen LogP contribution in [0.3, 0.4) is 0 Å². The summed E-state index contributed by atoms with van der Waals surface area (Å²) in [5, 5.41) is 0.650. The number of alkyl halides is 1. The number of hydrogen-bond donors (Lipinski definition) is 0. The van der Waals surface area contributed by atoms with Gasteiger partial charge in [-0.2, -0.15) is 11.8 Å². The van der Waals surface area contributed by atoms with Crippen LogP contribution in [0.15, 0.2) is 0 Å². The summed E-state index contributed by atoms with van der Waals surface area (Å²) in [5.41, 5.74) is 0. The topological polar surface area (TPSA) is 0 Å². The highest BCUT2D eigenvalue weighted by atomic mass is 35.5. The Hall–Kier alpha value is 0.640. The van der Waals surface area contributed by atoms with Crippen molar-refractivity contribution in [2.24, 2.45) is 5.92 Å². The van der Waals surface area contributed by atoms with E-state index in [0.717, 1.165) is 11.8 Å². The molecule has 0 aliphatic heterocycles. The van der Waals surface area contributed by atoms with E-state index in [1.807, 2.05) is 11.8 Å². The molecule has 11 heavy (non-hydrogen) atoms. The lowest BCUT2D eigenvalue weighted by Gasteiger charge is -2.11. The fourth-order valence-corrected chi connectivity index (χ4v) is 2.81. The molecule has 0 amide bonds. The molecule has 1 fully saturated rings. The Labute approximate surface area is 79.1 Å². The summed E-state index contributed by atoms with van der Waals surface area (Å²) in [4.78, 5) is 0. The van der Waals surface area contributed by atoms with Gasteiger partial charge in [-0.15, -0.1) is 11.6 Å². The normalized spacial score (nSPS) is 22.4. The van der Waals surface area contributed by atoms with Crippen LogP contribution in [0.1, 0.15) is 32.6 Å². The summed E-state index contributed by atoms with van der Waals surface area (Å²) < 4.78 is 0. The van der Waals surface area contributed by atoms with Crippen LogP contribution in [-0.2, 0) is 0 Å². The average Bonchev–Trinajstić information content (AvgIpc) is 2.52. The van der Waals surface area contributed by atoms with E-state index in [4.69, 9.17) is 11.6 Å². The summed E-state index contributed by atoms with van der Waals surface area (Å²) in [5.74, 6) is 3.15. The van der Waals surface area contributed by atoms with E-state index in [1.54, 1.807) is 0 Å². The first-order valence-corrected chi connectivity index (χ1v) is 6.09. The van der Waals surface area contributed by atoms with E-state index in [1.165, 1.54) is 31.4 Å². The third-order valence-corrected chi connectivity index (χ3v) is 4.35. The van der Waals surface area contributed by atoms with Gasteiger partial charge < -0.3 is 0 Å². The maximum Gasteiger partial charge on any atom is 0.0339 e. The fourth-order valence-electron chi connectivity index (χ4n) is 1.52. The smallest absolute Gasteiger partial charge is 0.0339 e.